The highest BCUT2D eigenvalue weighted by molar-refractivity contribution is 5.66. The van der Waals surface area contributed by atoms with Crippen LogP contribution in [0.25, 0.3) is 0 Å². The van der Waals surface area contributed by atoms with Gasteiger partial charge < -0.3 is 20.1 Å². The van der Waals surface area contributed by atoms with Gasteiger partial charge in [-0.3, -0.25) is 4.79 Å². The van der Waals surface area contributed by atoms with Crippen molar-refractivity contribution in [2.75, 3.05) is 0 Å². The normalized spacial score (nSPS) is 26.8. The molecule has 5 nitrogen and oxygen atoms in total. The van der Waals surface area contributed by atoms with Gasteiger partial charge in [0, 0.05) is 30.2 Å². The number of para-hydroxylation sites is 1. The number of carboxylic acids is 1. The molecule has 0 spiro atoms. The number of benzene rings is 1. The molecule has 1 heterocycles. The van der Waals surface area contributed by atoms with Crippen molar-refractivity contribution in [3.63, 3.8) is 0 Å². The lowest BCUT2D eigenvalue weighted by Crippen LogP contribution is -2.17. The first kappa shape index (κ1) is 20.9. The number of aryl methyl sites for hydroxylation is 1. The number of fused-ring (bicyclic) bond motifs is 3. The van der Waals surface area contributed by atoms with Crippen LogP contribution < -0.4 is 4.74 Å². The number of aliphatic hydroxyl groups excluding tert-OH is 2. The van der Waals surface area contributed by atoms with Gasteiger partial charge in [0.15, 0.2) is 0 Å². The van der Waals surface area contributed by atoms with Crippen LogP contribution in [0.2, 0.25) is 0 Å². The van der Waals surface area contributed by atoms with Crippen LogP contribution in [0, 0.1) is 5.92 Å². The second kappa shape index (κ2) is 9.57. The number of hydrogen-bond acceptors (Lipinski definition) is 4. The van der Waals surface area contributed by atoms with Gasteiger partial charge in [0.2, 0.25) is 0 Å². The van der Waals surface area contributed by atoms with Crippen LogP contribution in [-0.2, 0) is 11.2 Å². The highest BCUT2D eigenvalue weighted by Crippen LogP contribution is 2.52. The number of ether oxygens (including phenoxy) is 1. The van der Waals surface area contributed by atoms with Crippen LogP contribution in [-0.4, -0.2) is 39.6 Å². The first-order valence-corrected chi connectivity index (χ1v) is 10.6. The minimum atomic E-state index is -0.781. The van der Waals surface area contributed by atoms with Crippen LogP contribution in [0.15, 0.2) is 30.4 Å². The van der Waals surface area contributed by atoms with E-state index in [0.29, 0.717) is 19.3 Å². The van der Waals surface area contributed by atoms with Gasteiger partial charge in [0.05, 0.1) is 12.2 Å². The molecule has 1 aliphatic carbocycles. The molecule has 1 aromatic rings. The lowest BCUT2D eigenvalue weighted by Gasteiger charge is -2.18. The SMILES string of the molecule is CCCCC[C@H](O)C=C[C@@H]1[C@H]2c3cccc(CCCC(=O)O)c3O[C@H]2C[C@H]1O. The molecule has 1 aromatic carbocycles. The Balaban J connectivity index is 1.70. The summed E-state index contributed by atoms with van der Waals surface area (Å²) in [4.78, 5) is 10.8. The molecule has 28 heavy (non-hydrogen) atoms. The Hall–Kier alpha value is -1.85. The zero-order chi connectivity index (χ0) is 20.1. The van der Waals surface area contributed by atoms with E-state index >= 15 is 0 Å². The Morgan fingerprint density at radius 3 is 2.89 bits per heavy atom. The zero-order valence-electron chi connectivity index (χ0n) is 16.6. The molecule has 5 atom stereocenters. The number of unbranched alkanes of at least 4 members (excludes halogenated alkanes) is 2. The molecule has 0 unspecified atom stereocenters. The highest BCUT2D eigenvalue weighted by atomic mass is 16.5. The Bertz CT molecular complexity index is 698. The minimum absolute atomic E-state index is 0.0579. The summed E-state index contributed by atoms with van der Waals surface area (Å²) < 4.78 is 6.20. The molecule has 154 valence electrons. The minimum Gasteiger partial charge on any atom is -0.489 e. The first-order valence-electron chi connectivity index (χ1n) is 10.6. The van der Waals surface area contributed by atoms with Gasteiger partial charge in [-0.25, -0.2) is 0 Å². The fourth-order valence-corrected chi connectivity index (χ4v) is 4.55. The van der Waals surface area contributed by atoms with Crippen LogP contribution in [0.5, 0.6) is 5.75 Å². The molecule has 0 radical (unpaired) electrons. The number of aliphatic carboxylic acids is 1. The summed E-state index contributed by atoms with van der Waals surface area (Å²) in [7, 11) is 0. The van der Waals surface area contributed by atoms with Crippen LogP contribution in [0.4, 0.5) is 0 Å². The molecule has 1 saturated carbocycles. The van der Waals surface area contributed by atoms with Crippen molar-refractivity contribution < 1.29 is 24.9 Å². The van der Waals surface area contributed by atoms with Gasteiger partial charge in [-0.2, -0.15) is 0 Å². The van der Waals surface area contributed by atoms with E-state index in [0.717, 1.165) is 42.6 Å². The van der Waals surface area contributed by atoms with E-state index < -0.39 is 18.2 Å². The Morgan fingerprint density at radius 1 is 1.32 bits per heavy atom. The van der Waals surface area contributed by atoms with Gasteiger partial charge in [-0.05, 0) is 24.8 Å². The van der Waals surface area contributed by atoms with Gasteiger partial charge in [-0.1, -0.05) is 56.5 Å². The molecule has 0 aromatic heterocycles. The third-order valence-corrected chi connectivity index (χ3v) is 5.98. The molecule has 0 saturated heterocycles. The molecule has 0 amide bonds. The largest absolute Gasteiger partial charge is 0.489 e. The molecule has 1 aliphatic heterocycles. The maximum atomic E-state index is 10.8. The maximum absolute atomic E-state index is 10.8. The summed E-state index contributed by atoms with van der Waals surface area (Å²) in [5.41, 5.74) is 2.15. The number of carboxylic acid groups (broad SMARTS) is 1. The Labute approximate surface area is 167 Å². The molecular weight excluding hydrogens is 356 g/mol. The van der Waals surface area contributed by atoms with Crippen molar-refractivity contribution in [3.05, 3.63) is 41.5 Å². The number of hydrogen-bond donors (Lipinski definition) is 3. The summed E-state index contributed by atoms with van der Waals surface area (Å²) >= 11 is 0. The number of carbonyl (C=O) groups is 1. The maximum Gasteiger partial charge on any atom is 0.303 e. The average Bonchev–Trinajstić information content (AvgIpc) is 3.15. The lowest BCUT2D eigenvalue weighted by molar-refractivity contribution is -0.137. The molecule has 3 rings (SSSR count). The quantitative estimate of drug-likeness (QED) is 0.419. The van der Waals surface area contributed by atoms with E-state index in [9.17, 15) is 15.0 Å². The topological polar surface area (TPSA) is 87.0 Å². The van der Waals surface area contributed by atoms with Gasteiger partial charge in [-0.15, -0.1) is 0 Å². The monoisotopic (exact) mass is 388 g/mol. The summed E-state index contributed by atoms with van der Waals surface area (Å²) in [6.45, 7) is 2.14. The molecule has 5 heteroatoms. The van der Waals surface area contributed by atoms with Crippen LogP contribution >= 0.6 is 0 Å². The predicted molar refractivity (Wildman–Crippen MR) is 108 cm³/mol. The summed E-state index contributed by atoms with van der Waals surface area (Å²) in [6, 6.07) is 6.05. The molecule has 3 N–H and O–H groups in total. The second-order valence-electron chi connectivity index (χ2n) is 8.09. The number of rotatable bonds is 10. The van der Waals surface area contributed by atoms with Gasteiger partial charge in [0.25, 0.3) is 0 Å². The van der Waals surface area contributed by atoms with Gasteiger partial charge >= 0.3 is 5.97 Å². The number of aliphatic hydroxyl groups is 2. The van der Waals surface area contributed by atoms with Crippen molar-refractivity contribution >= 4 is 5.97 Å². The summed E-state index contributed by atoms with van der Waals surface area (Å²) in [6.07, 6.45) is 8.80. The Kier molecular flexibility index (Phi) is 7.13. The molecule has 2 aliphatic rings. The molecular formula is C23H32O5. The Morgan fingerprint density at radius 2 is 2.14 bits per heavy atom. The van der Waals surface area contributed by atoms with E-state index in [1.807, 2.05) is 24.3 Å². The van der Waals surface area contributed by atoms with Crippen molar-refractivity contribution in [2.45, 2.75) is 82.5 Å². The van der Waals surface area contributed by atoms with Crippen molar-refractivity contribution in [2.24, 2.45) is 5.92 Å². The van der Waals surface area contributed by atoms with Gasteiger partial charge in [0.1, 0.15) is 11.9 Å². The fourth-order valence-electron chi connectivity index (χ4n) is 4.55. The zero-order valence-corrected chi connectivity index (χ0v) is 16.6. The fraction of sp³-hybridized carbons (Fsp3) is 0.609. The van der Waals surface area contributed by atoms with Crippen LogP contribution in [0.1, 0.15) is 68.9 Å². The average molecular weight is 389 g/mol. The first-order chi connectivity index (χ1) is 13.5. The van der Waals surface area contributed by atoms with E-state index in [-0.39, 0.29) is 24.4 Å². The van der Waals surface area contributed by atoms with Crippen LogP contribution in [0.3, 0.4) is 0 Å². The van der Waals surface area contributed by atoms with E-state index in [2.05, 4.69) is 13.0 Å². The predicted octanol–water partition coefficient (Wildman–Crippen LogP) is 3.82. The summed E-state index contributed by atoms with van der Waals surface area (Å²) in [5, 5.41) is 29.6. The highest BCUT2D eigenvalue weighted by Gasteiger charge is 2.48. The van der Waals surface area contributed by atoms with Crippen molar-refractivity contribution in [1.82, 2.24) is 0 Å². The van der Waals surface area contributed by atoms with E-state index in [1.54, 1.807) is 0 Å². The van der Waals surface area contributed by atoms with Crippen molar-refractivity contribution in [3.8, 4) is 5.75 Å². The molecule has 1 fully saturated rings. The smallest absolute Gasteiger partial charge is 0.303 e. The third kappa shape index (κ3) is 4.76. The summed E-state index contributed by atoms with van der Waals surface area (Å²) in [5.74, 6) is 0.109. The van der Waals surface area contributed by atoms with Crippen molar-refractivity contribution in [1.29, 1.82) is 0 Å². The third-order valence-electron chi connectivity index (χ3n) is 5.98. The standard InChI is InChI=1S/C23H32O5/c1-2-3-4-9-16(24)12-13-17-19(25)14-20-22(17)18-10-5-7-15(23(18)28-20)8-6-11-21(26)27/h5,7,10,12-13,16-17,19-20,22,24-25H,2-4,6,8-9,11,14H2,1H3,(H,26,27)/t16-,17-,19+,20-,22-/m0/s1. The molecule has 0 bridgehead atoms. The lowest BCUT2D eigenvalue weighted by atomic mass is 9.86. The second-order valence-corrected chi connectivity index (χ2v) is 8.09. The van der Waals surface area contributed by atoms with E-state index in [4.69, 9.17) is 9.84 Å². The van der Waals surface area contributed by atoms with E-state index in [1.165, 1.54) is 0 Å².